The van der Waals surface area contributed by atoms with Crippen LogP contribution in [0.3, 0.4) is 0 Å². The number of esters is 4. The third-order valence-electron chi connectivity index (χ3n) is 21.8. The van der Waals surface area contributed by atoms with Crippen LogP contribution in [0.4, 0.5) is 4.79 Å². The SMILES string of the molecule is CCCCCC/C=C\CCCC(=O)O[C@H](CCCCCCC)CCOCC(COP(=O)(O)OCCNC(=O)NCCOP(=O)(O)OCC(COCC[C@@H](CCCCCCC)OC(=O)CCC/C=C\CCCCCC)NC(=O)C[C@@H](CCCCCCC)OC(=O)CCC/C=C\CCCCCC)NC(=O)C[C@@H](CCCCCCC)OC(=O)CCC/C=C\CCCCCC.[H-].[H-].[Na+].[Na+]. The first-order valence-electron chi connectivity index (χ1n) is 50.6. The second kappa shape index (κ2) is 95.9. The van der Waals surface area contributed by atoms with Gasteiger partial charge in [0.05, 0.1) is 77.8 Å². The van der Waals surface area contributed by atoms with Crippen LogP contribution < -0.4 is 80.4 Å². The molecule has 0 aliphatic carbocycles. The molecule has 0 rings (SSSR count). The number of phosphoric ester groups is 2. The van der Waals surface area contributed by atoms with Crippen LogP contribution in [-0.4, -0.2) is 154 Å². The number of urea groups is 1. The van der Waals surface area contributed by atoms with Gasteiger partial charge in [0.1, 0.15) is 24.4 Å². The van der Waals surface area contributed by atoms with E-state index in [0.717, 1.165) is 205 Å². The van der Waals surface area contributed by atoms with Gasteiger partial charge in [-0.05, 0) is 154 Å². The van der Waals surface area contributed by atoms with Crippen molar-refractivity contribution in [3.63, 3.8) is 0 Å². The minimum absolute atomic E-state index is 0. The second-order valence-electron chi connectivity index (χ2n) is 34.2. The Kier molecular flexibility index (Phi) is 96.9. The molecule has 0 saturated heterocycles. The number of unbranched alkanes of at least 4 members (excludes halogenated alkanes) is 36. The van der Waals surface area contributed by atoms with Gasteiger partial charge in [-0.3, -0.25) is 46.9 Å². The molecule has 6 N–H and O–H groups in total. The maximum atomic E-state index is 14.0. The number of ether oxygens (including phenoxy) is 6. The van der Waals surface area contributed by atoms with Crippen LogP contribution in [0.1, 0.15) is 443 Å². The Hall–Kier alpha value is -2.81. The summed E-state index contributed by atoms with van der Waals surface area (Å²) in [7, 11) is -9.73. The standard InChI is InChI=1S/C99H184N4O21P2.2Na.2H/c1-9-17-25-33-37-41-45-53-61-69-95(106)121-89(65-57-49-29-21-13-5)73-77-115-83-87(102-93(104)81-91(67-59-51-31-23-15-7)123-97(108)71-63-55-47-43-39-35-27-19-11-3)85-119-125(111,112)117-79-75-100-99(110)101-76-80-118-126(113,114)120-86-88(84-116-78-74-90(66-58-50-30-22-14-6)122-96(107)70-62-54-46-42-38-34-26-18-10-2)103-94(105)82-92(68-60-52-32-24-16-8)124-98(109)72-64-56-48-44-40-36-28-20-12-4;;;;/h41-48,87-92H,9-40,49-86H2,1-8H3,(H,102,104)(H,103,105)(H,111,112)(H,113,114)(H2,100,101,110);;;;/q;2*+1;2*-1/b45-41-,46-42-,47-43-,48-44-;;;;/t87?,88?,89-,90-,91-,92-;;;;/m1..../s1. The predicted octanol–water partition coefficient (Wildman–Crippen LogP) is 19.2. The zero-order valence-electron chi connectivity index (χ0n) is 84.6. The zero-order chi connectivity index (χ0) is 92.6. The first-order valence-corrected chi connectivity index (χ1v) is 53.5. The van der Waals surface area contributed by atoms with Crippen molar-refractivity contribution < 1.29 is 161 Å². The number of carbonyl (C=O) groups excluding carboxylic acids is 7. The van der Waals surface area contributed by atoms with Crippen molar-refractivity contribution in [1.29, 1.82) is 0 Å². The van der Waals surface area contributed by atoms with Gasteiger partial charge in [0.25, 0.3) is 0 Å². The van der Waals surface area contributed by atoms with Crippen LogP contribution in [0.15, 0.2) is 48.6 Å². The third-order valence-corrected chi connectivity index (χ3v) is 23.8. The molecule has 0 aromatic heterocycles. The molecule has 0 saturated carbocycles. The molecule has 0 heterocycles. The van der Waals surface area contributed by atoms with E-state index in [0.29, 0.717) is 64.2 Å². The molecule has 0 radical (unpaired) electrons. The second-order valence-corrected chi connectivity index (χ2v) is 37.1. The van der Waals surface area contributed by atoms with Gasteiger partial charge in [0, 0.05) is 51.6 Å². The van der Waals surface area contributed by atoms with E-state index >= 15 is 0 Å². The van der Waals surface area contributed by atoms with E-state index in [1.54, 1.807) is 0 Å². The number of nitrogens with one attached hydrogen (secondary N) is 4. The van der Waals surface area contributed by atoms with Gasteiger partial charge >= 0.3 is 105 Å². The molecule has 0 aromatic rings. The fraction of sp³-hybridized carbons (Fsp3) is 0.848. The van der Waals surface area contributed by atoms with Gasteiger partial charge in [-0.15, -0.1) is 0 Å². The number of rotatable bonds is 94. The van der Waals surface area contributed by atoms with Gasteiger partial charge in [0.2, 0.25) is 11.8 Å². The molecule has 4 unspecified atom stereocenters. The van der Waals surface area contributed by atoms with E-state index in [4.69, 9.17) is 46.5 Å². The predicted molar refractivity (Wildman–Crippen MR) is 511 cm³/mol. The van der Waals surface area contributed by atoms with Crippen LogP contribution in [-0.2, 0) is 84.4 Å². The Labute approximate surface area is 825 Å². The monoisotopic (exact) mass is 1880 g/mol. The topological polar surface area (TPSA) is 335 Å². The largest absolute Gasteiger partial charge is 1.00 e. The quantitative estimate of drug-likeness (QED) is 0.00823. The Morgan fingerprint density at radius 2 is 0.523 bits per heavy atom. The molecule has 8 atom stereocenters. The van der Waals surface area contributed by atoms with Crippen molar-refractivity contribution in [2.24, 2.45) is 0 Å². The maximum absolute atomic E-state index is 14.0. The maximum Gasteiger partial charge on any atom is 1.00 e. The van der Waals surface area contributed by atoms with Crippen molar-refractivity contribution in [3.05, 3.63) is 48.6 Å². The molecular weight excluding hydrogens is 1690 g/mol. The van der Waals surface area contributed by atoms with E-state index in [-0.39, 0.29) is 164 Å². The number of carbonyl (C=O) groups is 7. The summed E-state index contributed by atoms with van der Waals surface area (Å²) in [5.41, 5.74) is 0. The Balaban J connectivity index is -0.0000130. The zero-order valence-corrected chi connectivity index (χ0v) is 88.4. The number of phosphoric acid groups is 2. The van der Waals surface area contributed by atoms with E-state index in [1.807, 2.05) is 0 Å². The molecule has 128 heavy (non-hydrogen) atoms. The summed E-state index contributed by atoms with van der Waals surface area (Å²) in [5.74, 6) is -2.30. The molecule has 0 aliphatic heterocycles. The van der Waals surface area contributed by atoms with Crippen LogP contribution >= 0.6 is 15.6 Å². The Morgan fingerprint density at radius 1 is 0.289 bits per heavy atom. The minimum atomic E-state index is -4.86. The average molecular weight is 1880 g/mol. The van der Waals surface area contributed by atoms with Crippen LogP contribution in [0.25, 0.3) is 0 Å². The van der Waals surface area contributed by atoms with E-state index in [9.17, 15) is 52.5 Å². The molecular formula is C99H186N4Na2O21P2. The molecule has 0 bridgehead atoms. The number of hydrogen-bond donors (Lipinski definition) is 6. The molecule has 0 fully saturated rings. The van der Waals surface area contributed by atoms with Crippen molar-refractivity contribution in [2.75, 3.05) is 65.9 Å². The molecule has 4 amide bonds. The fourth-order valence-corrected chi connectivity index (χ4v) is 15.8. The summed E-state index contributed by atoms with van der Waals surface area (Å²) >= 11 is 0. The van der Waals surface area contributed by atoms with Crippen molar-refractivity contribution in [2.45, 2.75) is 477 Å². The van der Waals surface area contributed by atoms with Crippen LogP contribution in [0, 0.1) is 0 Å². The summed E-state index contributed by atoms with van der Waals surface area (Å²) < 4.78 is 84.7. The first-order chi connectivity index (χ1) is 61.2. The number of allylic oxidation sites excluding steroid dienone is 8. The number of hydrogen-bond acceptors (Lipinski definition) is 19. The smallest absolute Gasteiger partial charge is 1.00 e. The Morgan fingerprint density at radius 3 is 0.789 bits per heavy atom. The summed E-state index contributed by atoms with van der Waals surface area (Å²) in [5, 5.41) is 10.7. The van der Waals surface area contributed by atoms with Crippen molar-refractivity contribution in [3.8, 4) is 0 Å². The molecule has 25 nitrogen and oxygen atoms in total. The number of amides is 4. The molecule has 0 aliphatic rings. The Bertz CT molecular complexity index is 2680. The van der Waals surface area contributed by atoms with Crippen LogP contribution in [0.2, 0.25) is 0 Å². The minimum Gasteiger partial charge on any atom is -1.00 e. The summed E-state index contributed by atoms with van der Waals surface area (Å²) in [6, 6.07) is -2.78. The summed E-state index contributed by atoms with van der Waals surface area (Å²) in [6.07, 6.45) is 67.2. The van der Waals surface area contributed by atoms with E-state index < -0.39 is 96.4 Å². The molecule has 29 heteroatoms. The van der Waals surface area contributed by atoms with Crippen molar-refractivity contribution in [1.82, 2.24) is 21.3 Å². The molecule has 0 aromatic carbocycles. The molecule has 0 spiro atoms. The van der Waals surface area contributed by atoms with Gasteiger partial charge < -0.3 is 62.3 Å². The molecule has 740 valence electrons. The average Bonchev–Trinajstić information content (AvgIpc) is 0.901. The van der Waals surface area contributed by atoms with Gasteiger partial charge in [-0.2, -0.15) is 0 Å². The first kappa shape index (κ1) is 129. The van der Waals surface area contributed by atoms with Crippen LogP contribution in [0.5, 0.6) is 0 Å². The normalized spacial score (nSPS) is 14.0. The van der Waals surface area contributed by atoms with Gasteiger partial charge in [0.15, 0.2) is 0 Å². The van der Waals surface area contributed by atoms with Gasteiger partial charge in [-0.1, -0.05) is 284 Å². The summed E-state index contributed by atoms with van der Waals surface area (Å²) in [6.45, 7) is 14.6. The fourth-order valence-electron chi connectivity index (χ4n) is 14.3. The third kappa shape index (κ3) is 89.7. The van der Waals surface area contributed by atoms with Gasteiger partial charge in [-0.25, -0.2) is 13.9 Å². The summed E-state index contributed by atoms with van der Waals surface area (Å²) in [4.78, 5) is 116. The van der Waals surface area contributed by atoms with Crippen molar-refractivity contribution >= 4 is 57.4 Å². The van der Waals surface area contributed by atoms with E-state index in [2.05, 4.69) is 125 Å². The van der Waals surface area contributed by atoms with E-state index in [1.165, 1.54) is 77.0 Å².